The van der Waals surface area contributed by atoms with Crippen molar-refractivity contribution in [2.45, 2.75) is 13.8 Å². The van der Waals surface area contributed by atoms with Crippen molar-refractivity contribution < 1.29 is 9.59 Å². The summed E-state index contributed by atoms with van der Waals surface area (Å²) in [7, 11) is 0. The Morgan fingerprint density at radius 3 is 1.38 bits per heavy atom. The molecular weight excluding hydrogens is 264 g/mol. The smallest absolute Gasteiger partial charge is 0.239 e. The Labute approximate surface area is 124 Å². The molecule has 0 heterocycles. The fourth-order valence-corrected chi connectivity index (χ4v) is 1.72. The zero-order valence-electron chi connectivity index (χ0n) is 12.1. The van der Waals surface area contributed by atoms with Gasteiger partial charge in [-0.1, -0.05) is 36.4 Å². The highest BCUT2D eigenvalue weighted by molar-refractivity contribution is 6.13. The Hall–Kier alpha value is -2.62. The maximum Gasteiger partial charge on any atom is 0.239 e. The molecule has 21 heavy (non-hydrogen) atoms. The van der Waals surface area contributed by atoms with E-state index >= 15 is 0 Å². The van der Waals surface area contributed by atoms with Gasteiger partial charge in [-0.25, -0.2) is 0 Å². The van der Waals surface area contributed by atoms with E-state index in [1.807, 2.05) is 36.4 Å². The first-order valence-electron chi connectivity index (χ1n) is 6.73. The fraction of sp³-hybridized carbons (Fsp3) is 0.176. The molecular formula is C17H18N2O2. The van der Waals surface area contributed by atoms with Crippen LogP contribution in [-0.2, 0) is 9.59 Å². The Bertz CT molecular complexity index is 566. The number of carbonyl (C=O) groups is 2. The van der Waals surface area contributed by atoms with Crippen LogP contribution in [0.2, 0.25) is 0 Å². The minimum absolute atomic E-state index is 0.345. The quantitative estimate of drug-likeness (QED) is 0.845. The normalized spacial score (nSPS) is 10.8. The molecule has 2 rings (SSSR count). The topological polar surface area (TPSA) is 58.2 Å². The standard InChI is InChI=1S/C17H18N2O2/c1-17(2,15(20)18-13-9-5-3-6-10-13)16(21)19-14-11-7-4-8-12-14/h3-12H,1-2H3,(H,18,20)(H,19,21). The Morgan fingerprint density at radius 1 is 0.714 bits per heavy atom. The van der Waals surface area contributed by atoms with Crippen molar-refractivity contribution in [1.82, 2.24) is 0 Å². The van der Waals surface area contributed by atoms with Gasteiger partial charge in [0.25, 0.3) is 0 Å². The van der Waals surface area contributed by atoms with Gasteiger partial charge in [0.05, 0.1) is 0 Å². The predicted molar refractivity (Wildman–Crippen MR) is 83.9 cm³/mol. The van der Waals surface area contributed by atoms with Crippen LogP contribution in [0, 0.1) is 5.41 Å². The lowest BCUT2D eigenvalue weighted by Crippen LogP contribution is -2.41. The van der Waals surface area contributed by atoms with Gasteiger partial charge in [0.1, 0.15) is 5.41 Å². The van der Waals surface area contributed by atoms with E-state index < -0.39 is 5.41 Å². The molecule has 0 radical (unpaired) electrons. The van der Waals surface area contributed by atoms with Crippen LogP contribution in [0.3, 0.4) is 0 Å². The second-order valence-corrected chi connectivity index (χ2v) is 5.27. The van der Waals surface area contributed by atoms with Crippen molar-refractivity contribution in [2.75, 3.05) is 10.6 Å². The third-order valence-corrected chi connectivity index (χ3v) is 3.20. The van der Waals surface area contributed by atoms with E-state index in [-0.39, 0.29) is 11.8 Å². The summed E-state index contributed by atoms with van der Waals surface area (Å²) in [4.78, 5) is 24.6. The number of benzene rings is 2. The maximum atomic E-state index is 12.3. The fourth-order valence-electron chi connectivity index (χ4n) is 1.72. The van der Waals surface area contributed by atoms with Crippen LogP contribution in [0.5, 0.6) is 0 Å². The van der Waals surface area contributed by atoms with Gasteiger partial charge in [0.15, 0.2) is 0 Å². The summed E-state index contributed by atoms with van der Waals surface area (Å²) in [5, 5.41) is 5.50. The van der Waals surface area contributed by atoms with E-state index in [1.165, 1.54) is 0 Å². The Balaban J connectivity index is 2.06. The molecule has 2 N–H and O–H groups in total. The molecule has 2 aromatic rings. The van der Waals surface area contributed by atoms with E-state index in [4.69, 9.17) is 0 Å². The third-order valence-electron chi connectivity index (χ3n) is 3.20. The van der Waals surface area contributed by atoms with Crippen LogP contribution in [0.15, 0.2) is 60.7 Å². The molecule has 0 unspecified atom stereocenters. The van der Waals surface area contributed by atoms with E-state index in [9.17, 15) is 9.59 Å². The summed E-state index contributed by atoms with van der Waals surface area (Å²) in [6, 6.07) is 18.2. The van der Waals surface area contributed by atoms with Crippen molar-refractivity contribution in [3.63, 3.8) is 0 Å². The van der Waals surface area contributed by atoms with Gasteiger partial charge in [0.2, 0.25) is 11.8 Å². The number of para-hydroxylation sites is 2. The number of carbonyl (C=O) groups excluding carboxylic acids is 2. The zero-order chi connectivity index (χ0) is 15.3. The second kappa shape index (κ2) is 6.22. The molecule has 4 heteroatoms. The van der Waals surface area contributed by atoms with Gasteiger partial charge in [-0.15, -0.1) is 0 Å². The average molecular weight is 282 g/mol. The zero-order valence-corrected chi connectivity index (χ0v) is 12.1. The first-order valence-corrected chi connectivity index (χ1v) is 6.73. The molecule has 0 aliphatic carbocycles. The summed E-state index contributed by atoms with van der Waals surface area (Å²) < 4.78 is 0. The monoisotopic (exact) mass is 282 g/mol. The number of nitrogens with one attached hydrogen (secondary N) is 2. The Kier molecular flexibility index (Phi) is 4.38. The van der Waals surface area contributed by atoms with Crippen LogP contribution in [-0.4, -0.2) is 11.8 Å². The highest BCUT2D eigenvalue weighted by Gasteiger charge is 2.36. The molecule has 0 fully saturated rings. The number of amides is 2. The highest BCUT2D eigenvalue weighted by Crippen LogP contribution is 2.21. The van der Waals surface area contributed by atoms with Crippen LogP contribution in [0.4, 0.5) is 11.4 Å². The summed E-state index contributed by atoms with van der Waals surface area (Å²) in [5.41, 5.74) is 0.164. The van der Waals surface area contributed by atoms with Crippen molar-refractivity contribution in [1.29, 1.82) is 0 Å². The minimum Gasteiger partial charge on any atom is -0.325 e. The van der Waals surface area contributed by atoms with Gasteiger partial charge >= 0.3 is 0 Å². The van der Waals surface area contributed by atoms with Crippen molar-refractivity contribution in [2.24, 2.45) is 5.41 Å². The largest absolute Gasteiger partial charge is 0.325 e. The van der Waals surface area contributed by atoms with Crippen LogP contribution in [0.1, 0.15) is 13.8 Å². The van der Waals surface area contributed by atoms with E-state index in [0.717, 1.165) is 0 Å². The van der Waals surface area contributed by atoms with Gasteiger partial charge in [-0.3, -0.25) is 9.59 Å². The van der Waals surface area contributed by atoms with Gasteiger partial charge < -0.3 is 10.6 Å². The maximum absolute atomic E-state index is 12.3. The number of hydrogen-bond donors (Lipinski definition) is 2. The highest BCUT2D eigenvalue weighted by atomic mass is 16.2. The van der Waals surface area contributed by atoms with Gasteiger partial charge in [-0.05, 0) is 38.1 Å². The first-order chi connectivity index (χ1) is 10.00. The molecule has 0 atom stereocenters. The lowest BCUT2D eigenvalue weighted by molar-refractivity contribution is -0.135. The predicted octanol–water partition coefficient (Wildman–Crippen LogP) is 3.29. The van der Waals surface area contributed by atoms with Gasteiger partial charge in [0, 0.05) is 11.4 Å². The molecule has 0 aromatic heterocycles. The summed E-state index contributed by atoms with van der Waals surface area (Å²) in [5.74, 6) is -0.690. The summed E-state index contributed by atoms with van der Waals surface area (Å²) in [6.45, 7) is 3.20. The number of hydrogen-bond acceptors (Lipinski definition) is 2. The lowest BCUT2D eigenvalue weighted by atomic mass is 9.90. The van der Waals surface area contributed by atoms with Gasteiger partial charge in [-0.2, -0.15) is 0 Å². The molecule has 0 aliphatic rings. The van der Waals surface area contributed by atoms with E-state index in [0.29, 0.717) is 11.4 Å². The van der Waals surface area contributed by atoms with Crippen LogP contribution >= 0.6 is 0 Å². The minimum atomic E-state index is -1.17. The van der Waals surface area contributed by atoms with E-state index in [1.54, 1.807) is 38.1 Å². The summed E-state index contributed by atoms with van der Waals surface area (Å²) >= 11 is 0. The molecule has 4 nitrogen and oxygen atoms in total. The molecule has 0 aliphatic heterocycles. The molecule has 2 amide bonds. The molecule has 0 saturated heterocycles. The third kappa shape index (κ3) is 3.69. The van der Waals surface area contributed by atoms with Crippen molar-refractivity contribution in [3.8, 4) is 0 Å². The number of rotatable bonds is 4. The number of anilines is 2. The van der Waals surface area contributed by atoms with Crippen molar-refractivity contribution in [3.05, 3.63) is 60.7 Å². The van der Waals surface area contributed by atoms with Crippen LogP contribution < -0.4 is 10.6 Å². The van der Waals surface area contributed by atoms with Crippen LogP contribution in [0.25, 0.3) is 0 Å². The summed E-state index contributed by atoms with van der Waals surface area (Å²) in [6.07, 6.45) is 0. The molecule has 2 aromatic carbocycles. The van der Waals surface area contributed by atoms with E-state index in [2.05, 4.69) is 10.6 Å². The second-order valence-electron chi connectivity index (χ2n) is 5.27. The van der Waals surface area contributed by atoms with Crippen molar-refractivity contribution >= 4 is 23.2 Å². The lowest BCUT2D eigenvalue weighted by Gasteiger charge is -2.22. The molecule has 0 saturated carbocycles. The molecule has 108 valence electrons. The average Bonchev–Trinajstić information content (AvgIpc) is 2.49. The molecule has 0 spiro atoms. The Morgan fingerprint density at radius 2 is 1.05 bits per heavy atom. The molecule has 0 bridgehead atoms. The first kappa shape index (κ1) is 14.8. The SMILES string of the molecule is CC(C)(C(=O)Nc1ccccc1)C(=O)Nc1ccccc1.